The minimum atomic E-state index is -3.96. The maximum absolute atomic E-state index is 12.1. The van der Waals surface area contributed by atoms with Crippen LogP contribution >= 0.6 is 11.6 Å². The lowest BCUT2D eigenvalue weighted by Gasteiger charge is -2.09. The molecular weight excluding hydrogens is 404 g/mol. The van der Waals surface area contributed by atoms with Crippen LogP contribution in [0.3, 0.4) is 0 Å². The number of aromatic nitrogens is 3. The Morgan fingerprint density at radius 1 is 1.18 bits per heavy atom. The second-order valence-electron chi connectivity index (χ2n) is 5.90. The molecule has 8 nitrogen and oxygen atoms in total. The second kappa shape index (κ2) is 7.61. The third-order valence-corrected chi connectivity index (χ3v) is 5.54. The van der Waals surface area contributed by atoms with Crippen molar-refractivity contribution in [3.8, 4) is 22.8 Å². The molecule has 0 saturated carbocycles. The summed E-state index contributed by atoms with van der Waals surface area (Å²) in [6.07, 6.45) is 1.15. The number of carbonyl (C=O) groups is 1. The molecular formula is C18H17ClN4O4S. The second-order valence-corrected chi connectivity index (χ2v) is 8.02. The highest BCUT2D eigenvalue weighted by Crippen LogP contribution is 2.35. The SMILES string of the molecule is COc1c(-c2ccc(Cl)cc2)c(C)nn1-c1ccc(S(=O)(=O)NC(C)=O)cn1. The number of aryl methyl sites for hydroxylation is 1. The number of rotatable bonds is 5. The molecule has 1 N–H and O–H groups in total. The Kier molecular flexibility index (Phi) is 5.39. The Hall–Kier alpha value is -2.91. The van der Waals surface area contributed by atoms with Crippen molar-refractivity contribution in [3.63, 3.8) is 0 Å². The molecule has 28 heavy (non-hydrogen) atoms. The summed E-state index contributed by atoms with van der Waals surface area (Å²) in [6, 6.07) is 10.1. The van der Waals surface area contributed by atoms with Crippen molar-refractivity contribution in [3.05, 3.63) is 53.3 Å². The normalized spacial score (nSPS) is 11.3. The molecule has 0 fully saturated rings. The number of nitrogens with zero attached hydrogens (tertiary/aromatic N) is 3. The van der Waals surface area contributed by atoms with E-state index in [0.717, 1.165) is 24.2 Å². The average Bonchev–Trinajstić information content (AvgIpc) is 2.98. The molecule has 2 aromatic heterocycles. The molecule has 2 heterocycles. The molecule has 1 amide bonds. The number of amides is 1. The largest absolute Gasteiger partial charge is 0.480 e. The van der Waals surface area contributed by atoms with E-state index in [1.165, 1.54) is 23.9 Å². The molecule has 0 unspecified atom stereocenters. The van der Waals surface area contributed by atoms with Crippen LogP contribution in [0.4, 0.5) is 0 Å². The van der Waals surface area contributed by atoms with Gasteiger partial charge in [0.1, 0.15) is 4.90 Å². The summed E-state index contributed by atoms with van der Waals surface area (Å²) in [4.78, 5) is 15.1. The maximum Gasteiger partial charge on any atom is 0.265 e. The monoisotopic (exact) mass is 420 g/mol. The van der Waals surface area contributed by atoms with Crippen LogP contribution in [0.5, 0.6) is 5.88 Å². The summed E-state index contributed by atoms with van der Waals surface area (Å²) in [6.45, 7) is 2.95. The van der Waals surface area contributed by atoms with Crippen LogP contribution in [0, 0.1) is 6.92 Å². The fourth-order valence-corrected chi connectivity index (χ4v) is 3.76. The lowest BCUT2D eigenvalue weighted by molar-refractivity contribution is -0.117. The topological polar surface area (TPSA) is 103 Å². The van der Waals surface area contributed by atoms with Crippen LogP contribution in [-0.4, -0.2) is 36.2 Å². The standard InChI is InChI=1S/C18H17ClN4O4S/c1-11-17(13-4-6-14(19)7-5-13)18(27-3)23(21-11)16-9-8-15(10-20-16)28(25,26)22-12(2)24/h4-10H,1-3H3,(H,22,24). The van der Waals surface area contributed by atoms with Gasteiger partial charge >= 0.3 is 0 Å². The first-order valence-electron chi connectivity index (χ1n) is 8.12. The summed E-state index contributed by atoms with van der Waals surface area (Å²) < 4.78 is 33.0. The van der Waals surface area contributed by atoms with Crippen molar-refractivity contribution in [1.29, 1.82) is 0 Å². The van der Waals surface area contributed by atoms with Crippen LogP contribution < -0.4 is 9.46 Å². The van der Waals surface area contributed by atoms with Gasteiger partial charge in [0.05, 0.1) is 18.4 Å². The quantitative estimate of drug-likeness (QED) is 0.680. The Morgan fingerprint density at radius 3 is 2.39 bits per heavy atom. The average molecular weight is 421 g/mol. The van der Waals surface area contributed by atoms with E-state index in [4.69, 9.17) is 16.3 Å². The predicted octanol–water partition coefficient (Wildman–Crippen LogP) is 2.73. The van der Waals surface area contributed by atoms with Crippen molar-refractivity contribution in [2.75, 3.05) is 7.11 Å². The molecule has 3 aromatic rings. The third kappa shape index (κ3) is 3.85. The number of pyridine rings is 1. The molecule has 3 rings (SSSR count). The summed E-state index contributed by atoms with van der Waals surface area (Å²) in [5, 5.41) is 5.08. The van der Waals surface area contributed by atoms with E-state index < -0.39 is 15.9 Å². The molecule has 0 aliphatic rings. The molecule has 0 aliphatic heterocycles. The highest BCUT2D eigenvalue weighted by Gasteiger charge is 2.21. The van der Waals surface area contributed by atoms with Crippen LogP contribution in [0.15, 0.2) is 47.5 Å². The van der Waals surface area contributed by atoms with Crippen molar-refractivity contribution < 1.29 is 17.9 Å². The highest BCUT2D eigenvalue weighted by atomic mass is 35.5. The number of benzene rings is 1. The first kappa shape index (κ1) is 19.8. The van der Waals surface area contributed by atoms with Crippen LogP contribution in [0.25, 0.3) is 16.9 Å². The summed E-state index contributed by atoms with van der Waals surface area (Å²) in [7, 11) is -2.44. The Balaban J connectivity index is 2.04. The van der Waals surface area contributed by atoms with Gasteiger partial charge in [0, 0.05) is 18.1 Å². The Labute approximate surface area is 167 Å². The zero-order valence-corrected chi connectivity index (χ0v) is 16.9. The van der Waals surface area contributed by atoms with Gasteiger partial charge in [-0.1, -0.05) is 23.7 Å². The zero-order valence-electron chi connectivity index (χ0n) is 15.3. The van der Waals surface area contributed by atoms with E-state index in [1.807, 2.05) is 23.8 Å². The molecule has 0 bridgehead atoms. The summed E-state index contributed by atoms with van der Waals surface area (Å²) in [5.74, 6) is 0.132. The first-order chi connectivity index (χ1) is 13.2. The minimum absolute atomic E-state index is 0.132. The number of nitrogens with one attached hydrogen (secondary N) is 1. The number of ether oxygens (including phenoxy) is 1. The maximum atomic E-state index is 12.1. The molecule has 10 heteroatoms. The summed E-state index contributed by atoms with van der Waals surface area (Å²) in [5.41, 5.74) is 2.35. The molecule has 0 radical (unpaired) electrons. The van der Waals surface area contributed by atoms with Gasteiger partial charge in [-0.15, -0.1) is 0 Å². The van der Waals surface area contributed by atoms with Gasteiger partial charge in [0.2, 0.25) is 11.8 Å². The van der Waals surface area contributed by atoms with Gasteiger partial charge in [-0.3, -0.25) is 4.79 Å². The van der Waals surface area contributed by atoms with Crippen molar-refractivity contribution in [2.45, 2.75) is 18.7 Å². The third-order valence-electron chi connectivity index (χ3n) is 3.87. The lowest BCUT2D eigenvalue weighted by Crippen LogP contribution is -2.28. The van der Waals surface area contributed by atoms with Crippen molar-refractivity contribution in [2.24, 2.45) is 0 Å². The lowest BCUT2D eigenvalue weighted by atomic mass is 10.1. The number of hydrogen-bond donors (Lipinski definition) is 1. The summed E-state index contributed by atoms with van der Waals surface area (Å²) >= 11 is 5.96. The van der Waals surface area contributed by atoms with Gasteiger partial charge in [0.15, 0.2) is 5.82 Å². The Morgan fingerprint density at radius 2 is 1.86 bits per heavy atom. The number of hydrogen-bond acceptors (Lipinski definition) is 6. The van der Waals surface area contributed by atoms with Crippen LogP contribution in [0.2, 0.25) is 5.02 Å². The number of methoxy groups -OCH3 is 1. The van der Waals surface area contributed by atoms with E-state index in [0.29, 0.717) is 22.4 Å². The highest BCUT2D eigenvalue weighted by molar-refractivity contribution is 7.90. The fourth-order valence-electron chi connectivity index (χ4n) is 2.70. The van der Waals surface area contributed by atoms with Gasteiger partial charge in [-0.25, -0.2) is 18.1 Å². The van der Waals surface area contributed by atoms with E-state index in [9.17, 15) is 13.2 Å². The number of sulfonamides is 1. The molecule has 0 aliphatic carbocycles. The van der Waals surface area contributed by atoms with E-state index in [2.05, 4.69) is 10.1 Å². The van der Waals surface area contributed by atoms with Crippen LogP contribution in [0.1, 0.15) is 12.6 Å². The van der Waals surface area contributed by atoms with E-state index in [1.54, 1.807) is 12.1 Å². The molecule has 146 valence electrons. The van der Waals surface area contributed by atoms with E-state index in [-0.39, 0.29) is 4.90 Å². The van der Waals surface area contributed by atoms with Gasteiger partial charge in [-0.05, 0) is 36.8 Å². The zero-order chi connectivity index (χ0) is 20.5. The van der Waals surface area contributed by atoms with Gasteiger partial charge in [-0.2, -0.15) is 9.78 Å². The smallest absolute Gasteiger partial charge is 0.265 e. The Bertz CT molecular complexity index is 1120. The van der Waals surface area contributed by atoms with Gasteiger partial charge < -0.3 is 4.74 Å². The van der Waals surface area contributed by atoms with Crippen molar-refractivity contribution in [1.82, 2.24) is 19.5 Å². The number of halogens is 1. The predicted molar refractivity (Wildman–Crippen MR) is 104 cm³/mol. The molecule has 0 atom stereocenters. The first-order valence-corrected chi connectivity index (χ1v) is 9.98. The van der Waals surface area contributed by atoms with Crippen LogP contribution in [-0.2, 0) is 14.8 Å². The number of carbonyl (C=O) groups excluding carboxylic acids is 1. The molecule has 0 saturated heterocycles. The van der Waals surface area contributed by atoms with Crippen molar-refractivity contribution >= 4 is 27.5 Å². The molecule has 0 spiro atoms. The van der Waals surface area contributed by atoms with Gasteiger partial charge in [0.25, 0.3) is 10.0 Å². The fraction of sp³-hybridized carbons (Fsp3) is 0.167. The van der Waals surface area contributed by atoms with E-state index >= 15 is 0 Å². The molecule has 1 aromatic carbocycles. The minimum Gasteiger partial charge on any atom is -0.480 e.